The summed E-state index contributed by atoms with van der Waals surface area (Å²) in [4.78, 5) is 7.12. The summed E-state index contributed by atoms with van der Waals surface area (Å²) >= 11 is 3.15. The third-order valence-corrected chi connectivity index (χ3v) is 8.04. The van der Waals surface area contributed by atoms with Gasteiger partial charge in [-0.1, -0.05) is 36.0 Å². The van der Waals surface area contributed by atoms with E-state index in [4.69, 9.17) is 0 Å². The van der Waals surface area contributed by atoms with E-state index in [-0.39, 0.29) is 5.75 Å². The summed E-state index contributed by atoms with van der Waals surface area (Å²) in [5.41, 5.74) is 3.34. The molecule has 1 N–H and O–H groups in total. The van der Waals surface area contributed by atoms with Gasteiger partial charge in [0.2, 0.25) is 0 Å². The van der Waals surface area contributed by atoms with Gasteiger partial charge in [-0.15, -0.1) is 34.7 Å². The Kier molecular flexibility index (Phi) is 6.58. The largest absolute Gasteiger partial charge is 0.573 e. The molecule has 3 aromatic carbocycles. The fourth-order valence-corrected chi connectivity index (χ4v) is 6.03. The number of hydrogen-bond acceptors (Lipinski definition) is 7. The van der Waals surface area contributed by atoms with Crippen molar-refractivity contribution in [1.29, 1.82) is 0 Å². The number of rotatable bonds is 6. The quantitative estimate of drug-likeness (QED) is 0.219. The standard InChI is InChI=1S/C29H19F3N4OS2/c1-17-14-26(38-16-17)27-21-4-2-3-5-22(21)28(36-35-27)34-18-6-9-20(10-7-18)39-25-12-13-33-24-15-19(8-11-23(24)25)37-29(30,31)32/h2-16H,1H3,(H,34,36). The summed E-state index contributed by atoms with van der Waals surface area (Å²) in [5.74, 6) is 0.370. The molecule has 5 nitrogen and oxygen atoms in total. The number of fused-ring (bicyclic) bond motifs is 2. The molecule has 6 aromatic rings. The van der Waals surface area contributed by atoms with Crippen molar-refractivity contribution in [2.24, 2.45) is 0 Å². The van der Waals surface area contributed by atoms with E-state index in [2.05, 4.69) is 49.7 Å². The molecular formula is C29H19F3N4OS2. The van der Waals surface area contributed by atoms with Gasteiger partial charge in [0.25, 0.3) is 0 Å². The predicted molar refractivity (Wildman–Crippen MR) is 150 cm³/mol. The van der Waals surface area contributed by atoms with E-state index in [1.165, 1.54) is 29.5 Å². The lowest BCUT2D eigenvalue weighted by Crippen LogP contribution is -2.17. The number of nitrogens with zero attached hydrogens (tertiary/aromatic N) is 3. The summed E-state index contributed by atoms with van der Waals surface area (Å²) in [6.45, 7) is 2.06. The van der Waals surface area contributed by atoms with E-state index in [1.807, 2.05) is 48.5 Å². The molecule has 0 aliphatic heterocycles. The molecule has 39 heavy (non-hydrogen) atoms. The molecule has 0 aliphatic carbocycles. The third-order valence-electron chi connectivity index (χ3n) is 5.90. The van der Waals surface area contributed by atoms with E-state index in [0.717, 1.165) is 42.2 Å². The van der Waals surface area contributed by atoms with Crippen LogP contribution in [0.3, 0.4) is 0 Å². The van der Waals surface area contributed by atoms with Crippen LogP contribution in [0.2, 0.25) is 0 Å². The van der Waals surface area contributed by atoms with Crippen LogP contribution in [0.15, 0.2) is 100 Å². The second kappa shape index (κ2) is 10.2. The molecule has 0 saturated heterocycles. The number of nitrogens with one attached hydrogen (secondary N) is 1. The molecule has 10 heteroatoms. The molecule has 0 atom stereocenters. The zero-order chi connectivity index (χ0) is 27.0. The molecule has 0 spiro atoms. The van der Waals surface area contributed by atoms with Crippen LogP contribution in [0, 0.1) is 6.92 Å². The van der Waals surface area contributed by atoms with Gasteiger partial charge in [0, 0.05) is 43.9 Å². The molecule has 194 valence electrons. The Labute approximate surface area is 229 Å². The van der Waals surface area contributed by atoms with Crippen molar-refractivity contribution >= 4 is 56.3 Å². The van der Waals surface area contributed by atoms with E-state index >= 15 is 0 Å². The lowest BCUT2D eigenvalue weighted by atomic mass is 10.1. The van der Waals surface area contributed by atoms with Crippen molar-refractivity contribution in [1.82, 2.24) is 15.2 Å². The van der Waals surface area contributed by atoms with Crippen LogP contribution in [0.25, 0.3) is 32.2 Å². The number of hydrogen-bond donors (Lipinski definition) is 1. The Balaban J connectivity index is 1.23. The molecule has 0 amide bonds. The van der Waals surface area contributed by atoms with Crippen molar-refractivity contribution in [2.75, 3.05) is 5.32 Å². The van der Waals surface area contributed by atoms with Crippen molar-refractivity contribution in [2.45, 2.75) is 23.1 Å². The smallest absolute Gasteiger partial charge is 0.406 e. The molecule has 3 heterocycles. The SMILES string of the molecule is Cc1csc(-c2nnc(Nc3ccc(Sc4ccnc5cc(OC(F)(F)F)ccc45)cc3)c3ccccc23)c1. The zero-order valence-corrected chi connectivity index (χ0v) is 22.0. The van der Waals surface area contributed by atoms with Crippen molar-refractivity contribution in [3.63, 3.8) is 0 Å². The van der Waals surface area contributed by atoms with Gasteiger partial charge in [-0.3, -0.25) is 4.98 Å². The van der Waals surface area contributed by atoms with Gasteiger partial charge in [-0.2, -0.15) is 0 Å². The monoisotopic (exact) mass is 560 g/mol. The van der Waals surface area contributed by atoms with Crippen LogP contribution in [-0.2, 0) is 0 Å². The molecule has 0 saturated carbocycles. The van der Waals surface area contributed by atoms with E-state index in [9.17, 15) is 13.2 Å². The third kappa shape index (κ3) is 5.52. The van der Waals surface area contributed by atoms with Crippen LogP contribution in [0.4, 0.5) is 24.7 Å². The number of alkyl halides is 3. The predicted octanol–water partition coefficient (Wildman–Crippen LogP) is 9.01. The first-order valence-electron chi connectivity index (χ1n) is 11.8. The summed E-state index contributed by atoms with van der Waals surface area (Å²) < 4.78 is 41.8. The molecule has 0 unspecified atom stereocenters. The normalized spacial score (nSPS) is 11.7. The average Bonchev–Trinajstić information content (AvgIpc) is 3.35. The molecule has 0 fully saturated rings. The number of benzene rings is 3. The number of aryl methyl sites for hydroxylation is 1. The maximum atomic E-state index is 12.6. The Morgan fingerprint density at radius 2 is 1.67 bits per heavy atom. The van der Waals surface area contributed by atoms with E-state index < -0.39 is 6.36 Å². The lowest BCUT2D eigenvalue weighted by molar-refractivity contribution is -0.274. The Hall–Kier alpha value is -4.15. The molecule has 0 bridgehead atoms. The van der Waals surface area contributed by atoms with Crippen molar-refractivity contribution in [3.05, 3.63) is 96.0 Å². The Bertz CT molecular complexity index is 1800. The first-order chi connectivity index (χ1) is 18.8. The molecule has 3 aromatic heterocycles. The van der Waals surface area contributed by atoms with Crippen molar-refractivity contribution in [3.8, 4) is 16.3 Å². The van der Waals surface area contributed by atoms with E-state index in [0.29, 0.717) is 11.3 Å². The molecule has 6 rings (SSSR count). The summed E-state index contributed by atoms with van der Waals surface area (Å²) in [6, 6.07) is 24.0. The fraction of sp³-hybridized carbons (Fsp3) is 0.0690. The minimum absolute atomic E-state index is 0.297. The number of aromatic nitrogens is 3. The minimum atomic E-state index is -4.75. The zero-order valence-electron chi connectivity index (χ0n) is 20.4. The van der Waals surface area contributed by atoms with Gasteiger partial charge in [0.15, 0.2) is 5.82 Å². The van der Waals surface area contributed by atoms with Gasteiger partial charge in [-0.05, 0) is 66.4 Å². The minimum Gasteiger partial charge on any atom is -0.406 e. The first-order valence-corrected chi connectivity index (χ1v) is 13.5. The first kappa shape index (κ1) is 25.1. The van der Waals surface area contributed by atoms with Crippen LogP contribution in [0.5, 0.6) is 5.75 Å². The highest BCUT2D eigenvalue weighted by atomic mass is 32.2. The lowest BCUT2D eigenvalue weighted by Gasteiger charge is -2.12. The number of halogens is 3. The maximum absolute atomic E-state index is 12.6. The molecular weight excluding hydrogens is 541 g/mol. The van der Waals surface area contributed by atoms with Crippen molar-refractivity contribution < 1.29 is 17.9 Å². The second-order valence-electron chi connectivity index (χ2n) is 8.72. The summed E-state index contributed by atoms with van der Waals surface area (Å²) in [7, 11) is 0. The van der Waals surface area contributed by atoms with Crippen LogP contribution < -0.4 is 10.1 Å². The highest BCUT2D eigenvalue weighted by Gasteiger charge is 2.31. The van der Waals surface area contributed by atoms with Gasteiger partial charge in [-0.25, -0.2) is 0 Å². The van der Waals surface area contributed by atoms with Crippen LogP contribution >= 0.6 is 23.1 Å². The number of anilines is 2. The van der Waals surface area contributed by atoms with Gasteiger partial charge in [0.1, 0.15) is 11.4 Å². The Morgan fingerprint density at radius 3 is 2.41 bits per heavy atom. The van der Waals surface area contributed by atoms with Gasteiger partial charge < -0.3 is 10.1 Å². The highest BCUT2D eigenvalue weighted by molar-refractivity contribution is 7.99. The second-order valence-corrected chi connectivity index (χ2v) is 10.7. The number of pyridine rings is 1. The average molecular weight is 561 g/mol. The van der Waals surface area contributed by atoms with Crippen LogP contribution in [-0.4, -0.2) is 21.5 Å². The Morgan fingerprint density at radius 1 is 0.872 bits per heavy atom. The highest BCUT2D eigenvalue weighted by Crippen LogP contribution is 2.37. The molecule has 0 aliphatic rings. The van der Waals surface area contributed by atoms with E-state index in [1.54, 1.807) is 23.6 Å². The molecule has 0 radical (unpaired) electrons. The maximum Gasteiger partial charge on any atom is 0.573 e. The summed E-state index contributed by atoms with van der Waals surface area (Å²) in [6.07, 6.45) is -3.18. The van der Waals surface area contributed by atoms with Gasteiger partial charge >= 0.3 is 6.36 Å². The topological polar surface area (TPSA) is 59.9 Å². The van der Waals surface area contributed by atoms with Crippen LogP contribution in [0.1, 0.15) is 5.56 Å². The fourth-order valence-electron chi connectivity index (χ4n) is 4.19. The number of ether oxygens (including phenoxy) is 1. The number of thiophene rings is 1. The summed E-state index contributed by atoms with van der Waals surface area (Å²) in [5, 5.41) is 17.2. The van der Waals surface area contributed by atoms with Gasteiger partial charge in [0.05, 0.1) is 10.4 Å².